The Morgan fingerprint density at radius 1 is 1.23 bits per heavy atom. The summed E-state index contributed by atoms with van der Waals surface area (Å²) < 4.78 is 22.8. The number of Topliss-reactive ketones (excluding diaryl/α,β-unsaturated/α-hetero) is 1. The smallest absolute Gasteiger partial charge is 0.254 e. The van der Waals surface area contributed by atoms with Crippen LogP contribution < -0.4 is 5.73 Å². The van der Waals surface area contributed by atoms with E-state index in [4.69, 9.17) is 5.73 Å². The standard InChI is InChI=1S/C17H21N3O5S/c1-26(24,25)10-12(18)17(23)19-8-7-13-15(19)14(21)9-20(13)16(22)11-5-3-2-4-6-11/h2-6,12-13,15H,7-10,18H2,1H3/t12-,13?,15?/m0/s1. The number of hydrogen-bond donors (Lipinski definition) is 1. The fourth-order valence-corrected chi connectivity index (χ4v) is 4.49. The van der Waals surface area contributed by atoms with Crippen LogP contribution in [0.2, 0.25) is 0 Å². The largest absolute Gasteiger partial charge is 0.329 e. The molecule has 2 unspecified atom stereocenters. The summed E-state index contributed by atoms with van der Waals surface area (Å²) in [6.45, 7) is 0.212. The third-order valence-corrected chi connectivity index (χ3v) is 5.75. The zero-order chi connectivity index (χ0) is 19.1. The van der Waals surface area contributed by atoms with Crippen LogP contribution in [0.1, 0.15) is 16.8 Å². The van der Waals surface area contributed by atoms with Crippen molar-refractivity contribution in [2.24, 2.45) is 5.73 Å². The van der Waals surface area contributed by atoms with Crippen molar-refractivity contribution in [2.45, 2.75) is 24.5 Å². The zero-order valence-electron chi connectivity index (χ0n) is 14.4. The van der Waals surface area contributed by atoms with Crippen LogP contribution in [-0.4, -0.2) is 79.0 Å². The molecule has 2 saturated heterocycles. The van der Waals surface area contributed by atoms with Gasteiger partial charge < -0.3 is 15.5 Å². The van der Waals surface area contributed by atoms with E-state index in [1.165, 1.54) is 9.80 Å². The molecule has 0 spiro atoms. The van der Waals surface area contributed by atoms with Gasteiger partial charge in [0.25, 0.3) is 5.91 Å². The Hall–Kier alpha value is -2.26. The van der Waals surface area contributed by atoms with Gasteiger partial charge in [0.15, 0.2) is 5.78 Å². The maximum atomic E-state index is 12.7. The highest BCUT2D eigenvalue weighted by Crippen LogP contribution is 2.31. The molecule has 2 heterocycles. The van der Waals surface area contributed by atoms with Gasteiger partial charge >= 0.3 is 0 Å². The Morgan fingerprint density at radius 3 is 2.50 bits per heavy atom. The van der Waals surface area contributed by atoms with E-state index in [0.717, 1.165) is 6.26 Å². The van der Waals surface area contributed by atoms with Crippen LogP contribution in [0.4, 0.5) is 0 Å². The number of ketones is 1. The van der Waals surface area contributed by atoms with E-state index < -0.39 is 39.6 Å². The fraction of sp³-hybridized carbons (Fsp3) is 0.471. The second kappa shape index (κ2) is 6.81. The van der Waals surface area contributed by atoms with Crippen LogP contribution in [0.5, 0.6) is 0 Å². The van der Waals surface area contributed by atoms with Gasteiger partial charge in [-0.05, 0) is 18.6 Å². The first-order chi connectivity index (χ1) is 12.2. The second-order valence-corrected chi connectivity index (χ2v) is 8.98. The van der Waals surface area contributed by atoms with E-state index in [0.29, 0.717) is 12.0 Å². The molecule has 1 aromatic rings. The molecule has 140 valence electrons. The minimum Gasteiger partial charge on any atom is -0.329 e. The van der Waals surface area contributed by atoms with Crippen molar-refractivity contribution in [1.29, 1.82) is 0 Å². The Balaban J connectivity index is 1.77. The lowest BCUT2D eigenvalue weighted by molar-refractivity contribution is -0.137. The van der Waals surface area contributed by atoms with Gasteiger partial charge in [0.2, 0.25) is 5.91 Å². The first-order valence-corrected chi connectivity index (χ1v) is 10.4. The molecule has 2 amide bonds. The van der Waals surface area contributed by atoms with E-state index in [2.05, 4.69) is 0 Å². The van der Waals surface area contributed by atoms with E-state index in [1.54, 1.807) is 30.3 Å². The first kappa shape index (κ1) is 18.5. The van der Waals surface area contributed by atoms with Gasteiger partial charge in [0.1, 0.15) is 15.9 Å². The third kappa shape index (κ3) is 3.49. The summed E-state index contributed by atoms with van der Waals surface area (Å²) in [6, 6.07) is 6.29. The number of carbonyl (C=O) groups excluding carboxylic acids is 3. The van der Waals surface area contributed by atoms with Crippen LogP contribution in [0.25, 0.3) is 0 Å². The molecule has 0 radical (unpaired) electrons. The average molecular weight is 379 g/mol. The highest BCUT2D eigenvalue weighted by Gasteiger charge is 2.52. The van der Waals surface area contributed by atoms with Crippen LogP contribution in [-0.2, 0) is 19.4 Å². The predicted octanol–water partition coefficient (Wildman–Crippen LogP) is -0.947. The Kier molecular flexibility index (Phi) is 4.85. The Labute approximate surface area is 151 Å². The van der Waals surface area contributed by atoms with Crippen molar-refractivity contribution in [3.63, 3.8) is 0 Å². The molecule has 26 heavy (non-hydrogen) atoms. The van der Waals surface area contributed by atoms with E-state index in [1.807, 2.05) is 0 Å². The molecule has 0 aromatic heterocycles. The maximum absolute atomic E-state index is 12.7. The van der Waals surface area contributed by atoms with Crippen molar-refractivity contribution in [3.8, 4) is 0 Å². The zero-order valence-corrected chi connectivity index (χ0v) is 15.2. The molecule has 3 atom stereocenters. The molecular weight excluding hydrogens is 358 g/mol. The van der Waals surface area contributed by atoms with Gasteiger partial charge in [-0.15, -0.1) is 0 Å². The first-order valence-electron chi connectivity index (χ1n) is 8.31. The monoisotopic (exact) mass is 379 g/mol. The quantitative estimate of drug-likeness (QED) is 0.721. The Bertz CT molecular complexity index is 839. The van der Waals surface area contributed by atoms with Crippen molar-refractivity contribution in [2.75, 3.05) is 25.1 Å². The van der Waals surface area contributed by atoms with Crippen molar-refractivity contribution in [3.05, 3.63) is 35.9 Å². The summed E-state index contributed by atoms with van der Waals surface area (Å²) in [5, 5.41) is 0. The summed E-state index contributed by atoms with van der Waals surface area (Å²) in [7, 11) is -3.42. The Morgan fingerprint density at radius 2 is 1.88 bits per heavy atom. The predicted molar refractivity (Wildman–Crippen MR) is 94.1 cm³/mol. The number of nitrogens with zero attached hydrogens (tertiary/aromatic N) is 2. The summed E-state index contributed by atoms with van der Waals surface area (Å²) in [6.07, 6.45) is 1.47. The van der Waals surface area contributed by atoms with Gasteiger partial charge in [0.05, 0.1) is 24.4 Å². The number of likely N-dealkylation sites (tertiary alicyclic amines) is 2. The van der Waals surface area contributed by atoms with Crippen molar-refractivity contribution < 1.29 is 22.8 Å². The maximum Gasteiger partial charge on any atom is 0.254 e. The highest BCUT2D eigenvalue weighted by atomic mass is 32.2. The van der Waals surface area contributed by atoms with Gasteiger partial charge in [-0.2, -0.15) is 0 Å². The topological polar surface area (TPSA) is 118 Å². The number of fused-ring (bicyclic) bond motifs is 1. The minimum atomic E-state index is -3.42. The third-order valence-electron chi connectivity index (χ3n) is 4.79. The van der Waals surface area contributed by atoms with Gasteiger partial charge in [0, 0.05) is 18.4 Å². The SMILES string of the molecule is CS(=O)(=O)C[C@H](N)C(=O)N1CCC2C1C(=O)CN2C(=O)c1ccccc1. The molecule has 2 fully saturated rings. The second-order valence-electron chi connectivity index (χ2n) is 6.80. The molecular formula is C17H21N3O5S. The summed E-state index contributed by atoms with van der Waals surface area (Å²) >= 11 is 0. The van der Waals surface area contributed by atoms with E-state index in [-0.39, 0.29) is 24.8 Å². The average Bonchev–Trinajstić information content (AvgIpc) is 3.14. The molecule has 0 saturated carbocycles. The van der Waals surface area contributed by atoms with Gasteiger partial charge in [-0.25, -0.2) is 8.42 Å². The summed E-state index contributed by atoms with van der Waals surface area (Å²) in [4.78, 5) is 40.5. The number of hydrogen-bond acceptors (Lipinski definition) is 6. The van der Waals surface area contributed by atoms with Crippen molar-refractivity contribution in [1.82, 2.24) is 9.80 Å². The van der Waals surface area contributed by atoms with Crippen LogP contribution >= 0.6 is 0 Å². The lowest BCUT2D eigenvalue weighted by Crippen LogP contribution is -2.51. The lowest BCUT2D eigenvalue weighted by atomic mass is 10.1. The molecule has 8 nitrogen and oxygen atoms in total. The highest BCUT2D eigenvalue weighted by molar-refractivity contribution is 7.90. The molecule has 2 aliphatic rings. The summed E-state index contributed by atoms with van der Waals surface area (Å²) in [5.41, 5.74) is 6.22. The fourth-order valence-electron chi connectivity index (χ4n) is 3.70. The van der Waals surface area contributed by atoms with Crippen LogP contribution in [0.3, 0.4) is 0 Å². The molecule has 2 aliphatic heterocycles. The van der Waals surface area contributed by atoms with E-state index >= 15 is 0 Å². The number of rotatable bonds is 4. The summed E-state index contributed by atoms with van der Waals surface area (Å²) in [5.74, 6) is -1.51. The van der Waals surface area contributed by atoms with E-state index in [9.17, 15) is 22.8 Å². The van der Waals surface area contributed by atoms with Gasteiger partial charge in [-0.3, -0.25) is 14.4 Å². The van der Waals surface area contributed by atoms with Crippen LogP contribution in [0.15, 0.2) is 30.3 Å². The van der Waals surface area contributed by atoms with Crippen molar-refractivity contribution >= 4 is 27.4 Å². The normalized spacial score (nSPS) is 23.8. The molecule has 2 N–H and O–H groups in total. The molecule has 9 heteroatoms. The number of amides is 2. The molecule has 3 rings (SSSR count). The number of carbonyl (C=O) groups is 3. The van der Waals surface area contributed by atoms with Crippen LogP contribution in [0, 0.1) is 0 Å². The minimum absolute atomic E-state index is 0.0614. The number of benzene rings is 1. The van der Waals surface area contributed by atoms with Gasteiger partial charge in [-0.1, -0.05) is 18.2 Å². The molecule has 0 aliphatic carbocycles. The number of nitrogens with two attached hydrogens (primary N) is 1. The number of sulfone groups is 1. The molecule has 0 bridgehead atoms. The molecule has 1 aromatic carbocycles. The lowest BCUT2D eigenvalue weighted by Gasteiger charge is -2.26.